The van der Waals surface area contributed by atoms with Crippen molar-refractivity contribution in [2.45, 2.75) is 58.5 Å². The van der Waals surface area contributed by atoms with E-state index < -0.39 is 10.0 Å². The van der Waals surface area contributed by atoms with E-state index in [1.165, 1.54) is 21.0 Å². The van der Waals surface area contributed by atoms with Crippen LogP contribution in [0.25, 0.3) is 0 Å². The molecule has 0 atom stereocenters. The third kappa shape index (κ3) is 8.30. The number of rotatable bonds is 11. The average molecular weight is 563 g/mol. The van der Waals surface area contributed by atoms with E-state index in [9.17, 15) is 8.42 Å². The minimum absolute atomic E-state index is 0.0198. The molecule has 0 bridgehead atoms. The van der Waals surface area contributed by atoms with Crippen molar-refractivity contribution in [3.05, 3.63) is 98.0 Å². The van der Waals surface area contributed by atoms with Crippen LogP contribution >= 0.6 is 23.2 Å². The van der Waals surface area contributed by atoms with Gasteiger partial charge in [-0.2, -0.15) is 4.31 Å². The summed E-state index contributed by atoms with van der Waals surface area (Å²) in [5.41, 5.74) is 7.05. The molecule has 0 aliphatic heterocycles. The molecule has 0 saturated carbocycles. The van der Waals surface area contributed by atoms with Gasteiger partial charge in [-0.1, -0.05) is 87.9 Å². The maximum atomic E-state index is 13.8. The zero-order chi connectivity index (χ0) is 27.4. The second-order valence-electron chi connectivity index (χ2n) is 10.9. The van der Waals surface area contributed by atoms with Crippen LogP contribution in [0.2, 0.25) is 10.0 Å². The first-order valence-corrected chi connectivity index (χ1v) is 14.9. The molecule has 0 aliphatic carbocycles. The summed E-state index contributed by atoms with van der Waals surface area (Å²) in [5, 5.41) is 0.286. The average Bonchev–Trinajstić information content (AvgIpc) is 2.73. The van der Waals surface area contributed by atoms with Crippen molar-refractivity contribution >= 4 is 33.2 Å². The minimum atomic E-state index is -3.90. The normalized spacial score (nSPS) is 12.4. The molecular weight excluding hydrogens is 523 g/mol. The highest BCUT2D eigenvalue weighted by molar-refractivity contribution is 7.89. The summed E-state index contributed by atoms with van der Waals surface area (Å²) in [6.07, 6.45) is 1.63. The van der Waals surface area contributed by atoms with Crippen LogP contribution in [0.3, 0.4) is 0 Å². The predicted octanol–water partition coefficient (Wildman–Crippen LogP) is 7.47. The fourth-order valence-electron chi connectivity index (χ4n) is 5.07. The first-order chi connectivity index (χ1) is 17.3. The molecule has 0 heterocycles. The largest absolute Gasteiger partial charge is 0.325 e. The van der Waals surface area contributed by atoms with Gasteiger partial charge in [-0.05, 0) is 58.2 Å². The molecule has 0 spiro atoms. The highest BCUT2D eigenvalue weighted by Gasteiger charge is 2.29. The highest BCUT2D eigenvalue weighted by atomic mass is 35.5. The van der Waals surface area contributed by atoms with E-state index >= 15 is 0 Å². The van der Waals surface area contributed by atoms with E-state index in [4.69, 9.17) is 23.2 Å². The molecule has 7 heteroatoms. The Hall–Kier alpha value is -1.89. The Labute approximate surface area is 233 Å². The topological polar surface area (TPSA) is 37.4 Å². The number of sulfonamides is 1. The van der Waals surface area contributed by atoms with Crippen LogP contribution in [-0.4, -0.2) is 44.4 Å². The van der Waals surface area contributed by atoms with Gasteiger partial charge >= 0.3 is 0 Å². The lowest BCUT2D eigenvalue weighted by molar-refractivity contribution is -0.903. The standard InChI is InChI=1S/C30H39Cl2N2O2S/c1-22-14-23(2)17-26(16-22)20-33(37(35,36)30-28(31)10-9-11-29(30)32)12-7-8-13-34(5,6)21-27-18-24(3)15-25(4)19-27/h9-11,14-19H,7-8,12-13,20-21H2,1-6H3/q+1. The van der Waals surface area contributed by atoms with Crippen LogP contribution in [0.4, 0.5) is 0 Å². The molecule has 0 aromatic heterocycles. The summed E-state index contributed by atoms with van der Waals surface area (Å²) in [7, 11) is 0.559. The minimum Gasteiger partial charge on any atom is -0.325 e. The van der Waals surface area contributed by atoms with Crippen molar-refractivity contribution in [3.8, 4) is 0 Å². The van der Waals surface area contributed by atoms with Gasteiger partial charge in [0.15, 0.2) is 0 Å². The zero-order valence-corrected chi connectivity index (χ0v) is 25.1. The van der Waals surface area contributed by atoms with Gasteiger partial charge in [-0.3, -0.25) is 0 Å². The van der Waals surface area contributed by atoms with Gasteiger partial charge in [0, 0.05) is 18.7 Å². The Morgan fingerprint density at radius 1 is 0.757 bits per heavy atom. The predicted molar refractivity (Wildman–Crippen MR) is 156 cm³/mol. The summed E-state index contributed by atoms with van der Waals surface area (Å²) >= 11 is 12.7. The molecule has 0 N–H and O–H groups in total. The van der Waals surface area contributed by atoms with Gasteiger partial charge < -0.3 is 4.48 Å². The second-order valence-corrected chi connectivity index (χ2v) is 13.6. The molecular formula is C30H39Cl2N2O2S+. The Kier molecular flexibility index (Phi) is 9.87. The lowest BCUT2D eigenvalue weighted by Gasteiger charge is -2.31. The van der Waals surface area contributed by atoms with E-state index in [2.05, 4.69) is 52.2 Å². The summed E-state index contributed by atoms with van der Waals surface area (Å²) in [6, 6.07) is 17.7. The molecule has 3 aromatic carbocycles. The number of nitrogens with zero attached hydrogens (tertiary/aromatic N) is 2. The van der Waals surface area contributed by atoms with Crippen molar-refractivity contribution < 1.29 is 12.9 Å². The monoisotopic (exact) mass is 561 g/mol. The molecule has 200 valence electrons. The SMILES string of the molecule is Cc1cc(C)cc(CN(CCCC[N+](C)(C)Cc2cc(C)cc(C)c2)S(=O)(=O)c2c(Cl)cccc2Cl)c1. The zero-order valence-electron chi connectivity index (χ0n) is 22.8. The summed E-state index contributed by atoms with van der Waals surface area (Å²) < 4.78 is 30.0. The molecule has 0 radical (unpaired) electrons. The van der Waals surface area contributed by atoms with Crippen LogP contribution < -0.4 is 0 Å². The lowest BCUT2D eigenvalue weighted by Crippen LogP contribution is -2.40. The maximum Gasteiger partial charge on any atom is 0.246 e. The fourth-order valence-corrected chi connectivity index (χ4v) is 7.63. The summed E-state index contributed by atoms with van der Waals surface area (Å²) in [4.78, 5) is -0.0198. The number of halogens is 2. The van der Waals surface area contributed by atoms with Crippen molar-refractivity contribution in [1.82, 2.24) is 4.31 Å². The molecule has 0 saturated heterocycles. The van der Waals surface area contributed by atoms with Crippen LogP contribution in [0, 0.1) is 27.7 Å². The molecule has 0 aliphatic rings. The van der Waals surface area contributed by atoms with Gasteiger partial charge in [0.2, 0.25) is 10.0 Å². The Balaban J connectivity index is 1.76. The molecule has 0 amide bonds. The number of unbranched alkanes of at least 4 members (excludes halogenated alkanes) is 1. The van der Waals surface area contributed by atoms with E-state index in [1.54, 1.807) is 18.2 Å². The molecule has 0 unspecified atom stereocenters. The van der Waals surface area contributed by atoms with E-state index in [0.29, 0.717) is 6.54 Å². The lowest BCUT2D eigenvalue weighted by atomic mass is 10.1. The maximum absolute atomic E-state index is 13.8. The second kappa shape index (κ2) is 12.3. The molecule has 3 aromatic rings. The Bertz CT molecular complexity index is 1290. The fraction of sp³-hybridized carbons (Fsp3) is 0.400. The number of quaternary nitrogens is 1. The highest BCUT2D eigenvalue weighted by Crippen LogP contribution is 2.32. The Morgan fingerprint density at radius 2 is 1.24 bits per heavy atom. The molecule has 3 rings (SSSR count). The smallest absolute Gasteiger partial charge is 0.246 e. The summed E-state index contributed by atoms with van der Waals surface area (Å²) in [6.45, 7) is 10.8. The number of hydrogen-bond acceptors (Lipinski definition) is 2. The van der Waals surface area contributed by atoms with Gasteiger partial charge in [0.1, 0.15) is 11.4 Å². The van der Waals surface area contributed by atoms with Crippen LogP contribution in [0.5, 0.6) is 0 Å². The Morgan fingerprint density at radius 3 is 1.76 bits per heavy atom. The van der Waals surface area contributed by atoms with Gasteiger partial charge in [0.05, 0.1) is 30.7 Å². The summed E-state index contributed by atoms with van der Waals surface area (Å²) in [5.74, 6) is 0. The first kappa shape index (κ1) is 29.7. The van der Waals surface area contributed by atoms with Gasteiger partial charge in [-0.25, -0.2) is 8.42 Å². The first-order valence-electron chi connectivity index (χ1n) is 12.7. The van der Waals surface area contributed by atoms with Crippen molar-refractivity contribution in [1.29, 1.82) is 0 Å². The van der Waals surface area contributed by atoms with Crippen LogP contribution in [0.1, 0.15) is 46.2 Å². The van der Waals surface area contributed by atoms with Crippen molar-refractivity contribution in [2.75, 3.05) is 27.2 Å². The van der Waals surface area contributed by atoms with Gasteiger partial charge in [-0.15, -0.1) is 0 Å². The third-order valence-electron chi connectivity index (χ3n) is 6.47. The number of hydrogen-bond donors (Lipinski definition) is 0. The number of aryl methyl sites for hydroxylation is 4. The van der Waals surface area contributed by atoms with Crippen molar-refractivity contribution in [3.63, 3.8) is 0 Å². The van der Waals surface area contributed by atoms with E-state index in [-0.39, 0.29) is 21.5 Å². The van der Waals surface area contributed by atoms with E-state index in [1.807, 2.05) is 26.0 Å². The number of benzene rings is 3. The quantitative estimate of drug-likeness (QED) is 0.180. The van der Waals surface area contributed by atoms with Crippen LogP contribution in [-0.2, 0) is 23.1 Å². The van der Waals surface area contributed by atoms with E-state index in [0.717, 1.165) is 47.1 Å². The molecule has 37 heavy (non-hydrogen) atoms. The van der Waals surface area contributed by atoms with Crippen LogP contribution in [0.15, 0.2) is 59.5 Å². The van der Waals surface area contributed by atoms with Crippen molar-refractivity contribution in [2.24, 2.45) is 0 Å². The third-order valence-corrected chi connectivity index (χ3v) is 9.27. The van der Waals surface area contributed by atoms with Gasteiger partial charge in [0.25, 0.3) is 0 Å². The molecule has 0 fully saturated rings. The molecule has 4 nitrogen and oxygen atoms in total.